The predicted octanol–water partition coefficient (Wildman–Crippen LogP) is 2.85. The Morgan fingerprint density at radius 2 is 1.42 bits per heavy atom. The molecular formula is C14H8N6O6. The lowest BCUT2D eigenvalue weighted by Crippen LogP contribution is -2.00. The van der Waals surface area contributed by atoms with Gasteiger partial charge in [-0.3, -0.25) is 30.3 Å². The summed E-state index contributed by atoms with van der Waals surface area (Å²) < 4.78 is 0. The molecule has 0 bridgehead atoms. The number of nitro benzene ring substituents is 3. The first-order chi connectivity index (χ1) is 12.4. The fraction of sp³-hybridized carbons (Fsp3) is 0. The van der Waals surface area contributed by atoms with Crippen LogP contribution >= 0.6 is 0 Å². The minimum Gasteiger partial charge on any atom is -0.258 e. The molecule has 1 N–H and O–H groups in total. The molecular weight excluding hydrogens is 348 g/mol. The zero-order valence-corrected chi connectivity index (χ0v) is 12.7. The van der Waals surface area contributed by atoms with Crippen molar-refractivity contribution in [3.05, 3.63) is 71.8 Å². The highest BCUT2D eigenvalue weighted by Gasteiger charge is 2.28. The van der Waals surface area contributed by atoms with Crippen LogP contribution in [0, 0.1) is 30.3 Å². The van der Waals surface area contributed by atoms with E-state index in [2.05, 4.69) is 15.4 Å². The van der Waals surface area contributed by atoms with E-state index in [1.54, 1.807) is 18.2 Å². The van der Waals surface area contributed by atoms with Crippen molar-refractivity contribution in [3.63, 3.8) is 0 Å². The number of aromatic amines is 1. The van der Waals surface area contributed by atoms with Crippen LogP contribution in [0.5, 0.6) is 0 Å². The summed E-state index contributed by atoms with van der Waals surface area (Å²) in [6.45, 7) is 0. The molecule has 0 radical (unpaired) electrons. The normalized spacial score (nSPS) is 11.1. The summed E-state index contributed by atoms with van der Waals surface area (Å²) in [6.07, 6.45) is 2.58. The first-order valence-corrected chi connectivity index (χ1v) is 6.96. The summed E-state index contributed by atoms with van der Waals surface area (Å²) in [5.41, 5.74) is -0.826. The van der Waals surface area contributed by atoms with Crippen LogP contribution in [0.3, 0.4) is 0 Å². The lowest BCUT2D eigenvalue weighted by atomic mass is 10.1. The molecule has 0 aliphatic heterocycles. The average Bonchev–Trinajstić information content (AvgIpc) is 3.06. The van der Waals surface area contributed by atoms with Crippen LogP contribution in [-0.4, -0.2) is 30.2 Å². The first kappa shape index (κ1) is 16.6. The number of aromatic nitrogens is 3. The predicted molar refractivity (Wildman–Crippen MR) is 89.2 cm³/mol. The van der Waals surface area contributed by atoms with E-state index in [-0.39, 0.29) is 5.56 Å². The second-order valence-corrected chi connectivity index (χ2v) is 5.07. The van der Waals surface area contributed by atoms with Gasteiger partial charge in [-0.15, -0.1) is 0 Å². The number of non-ortho nitro benzene ring substituents is 1. The number of nitrogens with one attached hydrogen (secondary N) is 1. The highest BCUT2D eigenvalue weighted by Crippen LogP contribution is 2.35. The zero-order chi connectivity index (χ0) is 18.8. The molecule has 12 nitrogen and oxygen atoms in total. The Morgan fingerprint density at radius 3 is 2.00 bits per heavy atom. The number of hydrogen-bond donors (Lipinski definition) is 1. The number of fused-ring (bicyclic) bond motifs is 1. The van der Waals surface area contributed by atoms with Gasteiger partial charge in [0.15, 0.2) is 0 Å². The van der Waals surface area contributed by atoms with E-state index >= 15 is 0 Å². The van der Waals surface area contributed by atoms with E-state index in [4.69, 9.17) is 0 Å². The summed E-state index contributed by atoms with van der Waals surface area (Å²) in [4.78, 5) is 30.6. The van der Waals surface area contributed by atoms with E-state index in [0.29, 0.717) is 28.7 Å². The summed E-state index contributed by atoms with van der Waals surface area (Å²) >= 11 is 0. The lowest BCUT2D eigenvalue weighted by Gasteiger charge is -2.01. The highest BCUT2D eigenvalue weighted by molar-refractivity contribution is 5.84. The molecule has 1 heterocycles. The lowest BCUT2D eigenvalue weighted by molar-refractivity contribution is -0.403. The smallest absolute Gasteiger partial charge is 0.258 e. The third-order valence-corrected chi connectivity index (χ3v) is 3.51. The van der Waals surface area contributed by atoms with Gasteiger partial charge in [0.1, 0.15) is 16.6 Å². The van der Waals surface area contributed by atoms with Crippen molar-refractivity contribution in [2.24, 2.45) is 0 Å². The van der Waals surface area contributed by atoms with Crippen molar-refractivity contribution in [2.45, 2.75) is 0 Å². The molecule has 26 heavy (non-hydrogen) atoms. The maximum absolute atomic E-state index is 11.2. The van der Waals surface area contributed by atoms with Crippen molar-refractivity contribution < 1.29 is 14.8 Å². The van der Waals surface area contributed by atoms with Gasteiger partial charge in [0, 0.05) is 0 Å². The van der Waals surface area contributed by atoms with Gasteiger partial charge in [-0.25, -0.2) is 0 Å². The van der Waals surface area contributed by atoms with Crippen LogP contribution in [0.4, 0.5) is 17.1 Å². The molecule has 130 valence electrons. The van der Waals surface area contributed by atoms with E-state index in [1.165, 1.54) is 12.2 Å². The maximum Gasteiger partial charge on any atom is 0.290 e. The molecule has 0 spiro atoms. The number of nitro groups is 3. The Morgan fingerprint density at radius 1 is 0.808 bits per heavy atom. The largest absolute Gasteiger partial charge is 0.290 e. The molecule has 3 aromatic rings. The van der Waals surface area contributed by atoms with Gasteiger partial charge < -0.3 is 0 Å². The molecule has 12 heteroatoms. The number of benzene rings is 2. The summed E-state index contributed by atoms with van der Waals surface area (Å²) in [7, 11) is 0. The Kier molecular flexibility index (Phi) is 4.06. The fourth-order valence-corrected chi connectivity index (χ4v) is 2.33. The van der Waals surface area contributed by atoms with E-state index in [0.717, 1.165) is 0 Å². The van der Waals surface area contributed by atoms with E-state index < -0.39 is 31.8 Å². The van der Waals surface area contributed by atoms with Gasteiger partial charge in [-0.2, -0.15) is 15.4 Å². The quantitative estimate of drug-likeness (QED) is 0.413. The molecule has 0 atom stereocenters. The van der Waals surface area contributed by atoms with E-state index in [1.807, 2.05) is 0 Å². The molecule has 0 amide bonds. The monoisotopic (exact) mass is 356 g/mol. The molecule has 0 aliphatic rings. The molecule has 2 aromatic carbocycles. The van der Waals surface area contributed by atoms with Crippen LogP contribution in [-0.2, 0) is 0 Å². The van der Waals surface area contributed by atoms with Crippen LogP contribution in [0.2, 0.25) is 0 Å². The fourth-order valence-electron chi connectivity index (χ4n) is 2.33. The van der Waals surface area contributed by atoms with E-state index in [9.17, 15) is 30.3 Å². The topological polar surface area (TPSA) is 171 Å². The van der Waals surface area contributed by atoms with Crippen LogP contribution in [0.15, 0.2) is 30.3 Å². The van der Waals surface area contributed by atoms with Gasteiger partial charge in [0.2, 0.25) is 0 Å². The average molecular weight is 356 g/mol. The van der Waals surface area contributed by atoms with Crippen LogP contribution in [0.1, 0.15) is 11.1 Å². The molecule has 0 aliphatic carbocycles. The number of H-pyrrole nitrogens is 1. The minimum absolute atomic E-state index is 0.342. The molecule has 0 saturated heterocycles. The minimum atomic E-state index is -0.925. The SMILES string of the molecule is O=[N+]([O-])c1cc([N+](=O)[O-])c(/C=C/c2ccc3n[nH]nc3c2)c([N+](=O)[O-])c1. The third kappa shape index (κ3) is 3.06. The van der Waals surface area contributed by atoms with Gasteiger partial charge >= 0.3 is 0 Å². The van der Waals surface area contributed by atoms with Crippen LogP contribution in [0.25, 0.3) is 23.2 Å². The Labute approximate surface area is 143 Å². The van der Waals surface area contributed by atoms with Crippen molar-refractivity contribution in [1.82, 2.24) is 15.4 Å². The second-order valence-electron chi connectivity index (χ2n) is 5.07. The van der Waals surface area contributed by atoms with Gasteiger partial charge in [0.25, 0.3) is 17.1 Å². The van der Waals surface area contributed by atoms with Crippen molar-refractivity contribution >= 4 is 40.2 Å². The van der Waals surface area contributed by atoms with Gasteiger partial charge in [-0.1, -0.05) is 12.1 Å². The first-order valence-electron chi connectivity index (χ1n) is 6.96. The summed E-state index contributed by atoms with van der Waals surface area (Å²) in [5, 5.41) is 43.5. The number of hydrogen-bond acceptors (Lipinski definition) is 8. The van der Waals surface area contributed by atoms with Crippen LogP contribution < -0.4 is 0 Å². The molecule has 0 saturated carbocycles. The molecule has 0 fully saturated rings. The second kappa shape index (κ2) is 6.35. The summed E-state index contributed by atoms with van der Waals surface area (Å²) in [5.74, 6) is 0. The highest BCUT2D eigenvalue weighted by atomic mass is 16.6. The molecule has 1 aromatic heterocycles. The summed E-state index contributed by atoms with van der Waals surface area (Å²) in [6, 6.07) is 6.29. The van der Waals surface area contributed by atoms with Gasteiger partial charge in [-0.05, 0) is 23.8 Å². The Balaban J connectivity index is 2.13. The molecule has 3 rings (SSSR count). The standard InChI is InChI=1S/C14H8N6O6/c21-18(22)9-6-13(19(23)24)10(14(7-9)20(25)26)3-1-8-2-4-11-12(5-8)16-17-15-11/h1-7H,(H,15,16,17)/b3-1+. The maximum atomic E-state index is 11.2. The third-order valence-electron chi connectivity index (χ3n) is 3.51. The Bertz CT molecular complexity index is 1050. The van der Waals surface area contributed by atoms with Gasteiger partial charge in [0.05, 0.1) is 26.9 Å². The number of nitrogens with zero attached hydrogens (tertiary/aromatic N) is 5. The zero-order valence-electron chi connectivity index (χ0n) is 12.7. The number of rotatable bonds is 5. The van der Waals surface area contributed by atoms with Crippen molar-refractivity contribution in [2.75, 3.05) is 0 Å². The van der Waals surface area contributed by atoms with Crippen molar-refractivity contribution in [3.8, 4) is 0 Å². The van der Waals surface area contributed by atoms with Crippen molar-refractivity contribution in [1.29, 1.82) is 0 Å². The Hall–Kier alpha value is -4.22. The molecule has 0 unspecified atom stereocenters.